The van der Waals surface area contributed by atoms with Gasteiger partial charge < -0.3 is 19.7 Å². The Morgan fingerprint density at radius 2 is 1.61 bits per heavy atom. The monoisotopic (exact) mass is 422 g/mol. The van der Waals surface area contributed by atoms with Gasteiger partial charge in [-0.1, -0.05) is 18.2 Å². The van der Waals surface area contributed by atoms with Gasteiger partial charge in [-0.05, 0) is 67.5 Å². The molecule has 164 valence electrons. The summed E-state index contributed by atoms with van der Waals surface area (Å²) >= 11 is 0. The van der Waals surface area contributed by atoms with Crippen LogP contribution in [-0.2, 0) is 17.8 Å². The molecule has 6 nitrogen and oxygen atoms in total. The Morgan fingerprint density at radius 3 is 2.23 bits per heavy atom. The summed E-state index contributed by atoms with van der Waals surface area (Å²) in [4.78, 5) is 27.1. The summed E-state index contributed by atoms with van der Waals surface area (Å²) in [6.07, 6.45) is 5.38. The first-order valence-electron chi connectivity index (χ1n) is 11.0. The molecular formula is C25H30N2O4. The molecule has 2 aliphatic carbocycles. The molecule has 0 radical (unpaired) electrons. The average Bonchev–Trinajstić information content (AvgIpc) is 3.71. The maximum absolute atomic E-state index is 13.0. The maximum atomic E-state index is 13.0. The van der Waals surface area contributed by atoms with Crippen molar-refractivity contribution in [1.29, 1.82) is 0 Å². The first-order chi connectivity index (χ1) is 15.1. The van der Waals surface area contributed by atoms with Crippen LogP contribution in [0.1, 0.15) is 53.6 Å². The first-order valence-corrected chi connectivity index (χ1v) is 11.0. The van der Waals surface area contributed by atoms with Crippen LogP contribution in [0.2, 0.25) is 0 Å². The van der Waals surface area contributed by atoms with E-state index in [1.54, 1.807) is 14.2 Å². The lowest BCUT2D eigenvalue weighted by atomic mass is 10.1. The number of ether oxygens (including phenoxy) is 2. The Bertz CT molecular complexity index is 933. The molecule has 0 saturated heterocycles. The lowest BCUT2D eigenvalue weighted by Crippen LogP contribution is -2.32. The molecule has 0 aromatic heterocycles. The number of hydrogen-bond acceptors (Lipinski definition) is 4. The number of carbonyl (C=O) groups excluding carboxylic acids is 2. The fourth-order valence-electron chi connectivity index (χ4n) is 3.69. The number of aryl methyl sites for hydroxylation is 1. The fourth-order valence-corrected chi connectivity index (χ4v) is 3.69. The fraction of sp³-hybridized carbons (Fsp3) is 0.440. The highest BCUT2D eigenvalue weighted by Gasteiger charge is 2.32. The summed E-state index contributed by atoms with van der Waals surface area (Å²) in [5, 5.41) is 3.00. The van der Waals surface area contributed by atoms with E-state index in [0.29, 0.717) is 48.5 Å². The van der Waals surface area contributed by atoms with Crippen LogP contribution in [0.3, 0.4) is 0 Å². The SMILES string of the molecule is COc1ccc(CCC(=O)N(Cc2ccc(C(=O)NC3CC3)cc2)C2CC2)cc1OC. The normalized spacial score (nSPS) is 15.3. The number of amides is 2. The minimum atomic E-state index is -0.0147. The molecule has 0 spiro atoms. The molecule has 0 heterocycles. The zero-order valence-electron chi connectivity index (χ0n) is 18.2. The van der Waals surface area contributed by atoms with Gasteiger partial charge >= 0.3 is 0 Å². The van der Waals surface area contributed by atoms with Crippen molar-refractivity contribution in [2.75, 3.05) is 14.2 Å². The topological polar surface area (TPSA) is 67.9 Å². The molecule has 2 saturated carbocycles. The molecular weight excluding hydrogens is 392 g/mol. The lowest BCUT2D eigenvalue weighted by Gasteiger charge is -2.23. The predicted octanol–water partition coefficient (Wildman–Crippen LogP) is 3.72. The van der Waals surface area contributed by atoms with Gasteiger partial charge in [0.25, 0.3) is 5.91 Å². The number of benzene rings is 2. The zero-order chi connectivity index (χ0) is 21.8. The van der Waals surface area contributed by atoms with Crippen molar-refractivity contribution in [2.24, 2.45) is 0 Å². The van der Waals surface area contributed by atoms with Gasteiger partial charge in [0.05, 0.1) is 14.2 Å². The second-order valence-corrected chi connectivity index (χ2v) is 8.39. The van der Waals surface area contributed by atoms with Gasteiger partial charge in [0.1, 0.15) is 0 Å². The molecule has 0 atom stereocenters. The van der Waals surface area contributed by atoms with Crippen molar-refractivity contribution >= 4 is 11.8 Å². The summed E-state index contributed by atoms with van der Waals surface area (Å²) < 4.78 is 10.6. The van der Waals surface area contributed by atoms with Gasteiger partial charge in [-0.2, -0.15) is 0 Å². The summed E-state index contributed by atoms with van der Waals surface area (Å²) in [6.45, 7) is 0.583. The Hall–Kier alpha value is -3.02. The van der Waals surface area contributed by atoms with Crippen LogP contribution in [0.5, 0.6) is 11.5 Å². The molecule has 2 aromatic carbocycles. The van der Waals surface area contributed by atoms with Crippen LogP contribution in [0.25, 0.3) is 0 Å². The number of rotatable bonds is 10. The molecule has 2 amide bonds. The van der Waals surface area contributed by atoms with Gasteiger partial charge in [-0.15, -0.1) is 0 Å². The first kappa shape index (κ1) is 21.2. The third-order valence-corrected chi connectivity index (χ3v) is 5.87. The van der Waals surface area contributed by atoms with Gasteiger partial charge in [0, 0.05) is 30.6 Å². The van der Waals surface area contributed by atoms with E-state index in [9.17, 15) is 9.59 Å². The van der Waals surface area contributed by atoms with E-state index in [-0.39, 0.29) is 11.8 Å². The Labute approximate surface area is 183 Å². The van der Waals surface area contributed by atoms with Gasteiger partial charge in [0.2, 0.25) is 5.91 Å². The highest BCUT2D eigenvalue weighted by molar-refractivity contribution is 5.94. The van der Waals surface area contributed by atoms with E-state index in [4.69, 9.17) is 9.47 Å². The lowest BCUT2D eigenvalue weighted by molar-refractivity contribution is -0.132. The standard InChI is InChI=1S/C25H30N2O4/c1-30-22-13-5-17(15-23(22)31-2)6-14-24(28)27(21-11-12-21)16-18-3-7-19(8-4-18)25(29)26-20-9-10-20/h3-5,7-8,13,15,20-21H,6,9-12,14,16H2,1-2H3,(H,26,29). The molecule has 2 fully saturated rings. The molecule has 6 heteroatoms. The molecule has 0 aliphatic heterocycles. The molecule has 0 unspecified atom stereocenters. The van der Waals surface area contributed by atoms with E-state index in [1.165, 1.54) is 0 Å². The van der Waals surface area contributed by atoms with Crippen molar-refractivity contribution in [3.05, 3.63) is 59.2 Å². The number of hydrogen-bond donors (Lipinski definition) is 1. The average molecular weight is 423 g/mol. The van der Waals surface area contributed by atoms with Crippen LogP contribution >= 0.6 is 0 Å². The quantitative estimate of drug-likeness (QED) is 0.634. The molecule has 4 rings (SSSR count). The molecule has 2 aliphatic rings. The van der Waals surface area contributed by atoms with Crippen molar-refractivity contribution in [2.45, 2.75) is 57.2 Å². The summed E-state index contributed by atoms with van der Waals surface area (Å²) in [7, 11) is 3.23. The molecule has 2 aromatic rings. The van der Waals surface area contributed by atoms with Gasteiger partial charge in [-0.25, -0.2) is 0 Å². The highest BCUT2D eigenvalue weighted by Crippen LogP contribution is 2.31. The van der Waals surface area contributed by atoms with Crippen molar-refractivity contribution in [1.82, 2.24) is 10.2 Å². The second-order valence-electron chi connectivity index (χ2n) is 8.39. The maximum Gasteiger partial charge on any atom is 0.251 e. The van der Waals surface area contributed by atoms with Crippen LogP contribution in [-0.4, -0.2) is 43.0 Å². The van der Waals surface area contributed by atoms with E-state index in [2.05, 4.69) is 5.32 Å². The molecule has 1 N–H and O–H groups in total. The Morgan fingerprint density at radius 1 is 0.935 bits per heavy atom. The Kier molecular flexibility index (Phi) is 6.44. The van der Waals surface area contributed by atoms with Crippen molar-refractivity contribution in [3.63, 3.8) is 0 Å². The van der Waals surface area contributed by atoms with Gasteiger partial charge in [-0.3, -0.25) is 9.59 Å². The molecule has 0 bridgehead atoms. The second kappa shape index (κ2) is 9.41. The van der Waals surface area contributed by atoms with Crippen molar-refractivity contribution < 1.29 is 19.1 Å². The zero-order valence-corrected chi connectivity index (χ0v) is 18.2. The van der Waals surface area contributed by atoms with E-state index >= 15 is 0 Å². The molecule has 31 heavy (non-hydrogen) atoms. The summed E-state index contributed by atoms with van der Waals surface area (Å²) in [5.74, 6) is 1.51. The third-order valence-electron chi connectivity index (χ3n) is 5.87. The third kappa shape index (κ3) is 5.57. The minimum absolute atomic E-state index is 0.0147. The number of nitrogens with zero attached hydrogens (tertiary/aromatic N) is 1. The Balaban J connectivity index is 1.35. The number of methoxy groups -OCH3 is 2. The predicted molar refractivity (Wildman–Crippen MR) is 118 cm³/mol. The van der Waals surface area contributed by atoms with E-state index < -0.39 is 0 Å². The van der Waals surface area contributed by atoms with Crippen LogP contribution in [0.4, 0.5) is 0 Å². The highest BCUT2D eigenvalue weighted by atomic mass is 16.5. The van der Waals surface area contributed by atoms with Gasteiger partial charge in [0.15, 0.2) is 11.5 Å². The summed E-state index contributed by atoms with van der Waals surface area (Å²) in [5.41, 5.74) is 2.77. The van der Waals surface area contributed by atoms with Crippen LogP contribution in [0, 0.1) is 0 Å². The van der Waals surface area contributed by atoms with E-state index in [0.717, 1.165) is 36.8 Å². The number of carbonyl (C=O) groups is 2. The van der Waals surface area contributed by atoms with Crippen LogP contribution < -0.4 is 14.8 Å². The minimum Gasteiger partial charge on any atom is -0.493 e. The van der Waals surface area contributed by atoms with E-state index in [1.807, 2.05) is 47.4 Å². The smallest absolute Gasteiger partial charge is 0.251 e. The van der Waals surface area contributed by atoms with Crippen LogP contribution in [0.15, 0.2) is 42.5 Å². The van der Waals surface area contributed by atoms with Crippen molar-refractivity contribution in [3.8, 4) is 11.5 Å². The number of nitrogens with one attached hydrogen (secondary N) is 1. The summed E-state index contributed by atoms with van der Waals surface area (Å²) in [6, 6.07) is 14.1. The largest absolute Gasteiger partial charge is 0.493 e.